The van der Waals surface area contributed by atoms with Crippen molar-refractivity contribution < 1.29 is 18.0 Å². The van der Waals surface area contributed by atoms with Crippen LogP contribution in [0.3, 0.4) is 0 Å². The molecule has 1 N–H and O–H groups in total. The predicted octanol–water partition coefficient (Wildman–Crippen LogP) is 2.01. The fraction of sp³-hybridized carbons (Fsp3) is 0.647. The third-order valence-electron chi connectivity index (χ3n) is 4.91. The van der Waals surface area contributed by atoms with Gasteiger partial charge in [0.1, 0.15) is 4.21 Å². The Labute approximate surface area is 164 Å². The van der Waals surface area contributed by atoms with Gasteiger partial charge in [0.25, 0.3) is 10.0 Å². The van der Waals surface area contributed by atoms with Gasteiger partial charge in [-0.2, -0.15) is 4.31 Å². The fourth-order valence-electron chi connectivity index (χ4n) is 3.36. The van der Waals surface area contributed by atoms with Gasteiger partial charge in [-0.1, -0.05) is 6.92 Å². The standard InChI is InChI=1S/C17H26N4O4S2/c1-2-15(22)19-8-5-9-20(13-12-19)17(23)18-14-6-7-16(26-14)27(24,25)21-10-3-4-11-21/h6-7H,2-5,8-13H2,1H3,(H,18,23). The van der Waals surface area contributed by atoms with Crippen LogP contribution >= 0.6 is 11.3 Å². The number of nitrogens with zero attached hydrogens (tertiary/aromatic N) is 3. The number of urea groups is 1. The molecule has 0 unspecified atom stereocenters. The molecule has 8 nitrogen and oxygen atoms in total. The Hall–Kier alpha value is -1.65. The number of amides is 3. The molecule has 2 aliphatic rings. The number of carbonyl (C=O) groups excluding carboxylic acids is 2. The van der Waals surface area contributed by atoms with Crippen molar-refractivity contribution in [1.29, 1.82) is 0 Å². The maximum absolute atomic E-state index is 12.6. The Balaban J connectivity index is 1.60. The number of hydrogen-bond acceptors (Lipinski definition) is 5. The summed E-state index contributed by atoms with van der Waals surface area (Å²) in [6, 6.07) is 2.93. The van der Waals surface area contributed by atoms with Gasteiger partial charge < -0.3 is 9.80 Å². The molecule has 10 heteroatoms. The summed E-state index contributed by atoms with van der Waals surface area (Å²) in [5, 5.41) is 3.32. The van der Waals surface area contributed by atoms with Crippen LogP contribution in [0.5, 0.6) is 0 Å². The van der Waals surface area contributed by atoms with Crippen molar-refractivity contribution in [2.45, 2.75) is 36.8 Å². The van der Waals surface area contributed by atoms with Gasteiger partial charge in [-0.3, -0.25) is 10.1 Å². The van der Waals surface area contributed by atoms with Crippen LogP contribution in [0.15, 0.2) is 16.3 Å². The van der Waals surface area contributed by atoms with E-state index < -0.39 is 10.0 Å². The number of anilines is 1. The first-order chi connectivity index (χ1) is 12.9. The number of nitrogens with one attached hydrogen (secondary N) is 1. The van der Waals surface area contributed by atoms with Crippen LogP contribution in [0.1, 0.15) is 32.6 Å². The predicted molar refractivity (Wildman–Crippen MR) is 104 cm³/mol. The van der Waals surface area contributed by atoms with Gasteiger partial charge in [0.15, 0.2) is 0 Å². The number of carbonyl (C=O) groups is 2. The Morgan fingerprint density at radius 2 is 1.67 bits per heavy atom. The molecule has 0 aromatic carbocycles. The lowest BCUT2D eigenvalue weighted by Crippen LogP contribution is -2.39. The lowest BCUT2D eigenvalue weighted by atomic mass is 10.3. The molecule has 0 saturated carbocycles. The Kier molecular flexibility index (Phi) is 6.38. The van der Waals surface area contributed by atoms with Gasteiger partial charge in [-0.15, -0.1) is 11.3 Å². The van der Waals surface area contributed by atoms with Crippen LogP contribution in [0.4, 0.5) is 9.80 Å². The Morgan fingerprint density at radius 1 is 1.00 bits per heavy atom. The highest BCUT2D eigenvalue weighted by molar-refractivity contribution is 7.91. The third-order valence-corrected chi connectivity index (χ3v) is 8.28. The topological polar surface area (TPSA) is 90.0 Å². The minimum Gasteiger partial charge on any atom is -0.341 e. The molecule has 150 valence electrons. The van der Waals surface area contributed by atoms with Crippen molar-refractivity contribution in [1.82, 2.24) is 14.1 Å². The highest BCUT2D eigenvalue weighted by atomic mass is 32.2. The summed E-state index contributed by atoms with van der Waals surface area (Å²) in [6.45, 7) is 5.19. The minimum atomic E-state index is -3.46. The second-order valence-corrected chi connectivity index (χ2v) is 9.98. The molecular weight excluding hydrogens is 388 g/mol. The molecule has 2 aliphatic heterocycles. The summed E-state index contributed by atoms with van der Waals surface area (Å²) < 4.78 is 26.9. The first kappa shape index (κ1) is 20.1. The van der Waals surface area contributed by atoms with Gasteiger partial charge in [-0.05, 0) is 31.4 Å². The van der Waals surface area contributed by atoms with Crippen molar-refractivity contribution in [2.24, 2.45) is 0 Å². The summed E-state index contributed by atoms with van der Waals surface area (Å²) in [5.74, 6) is 0.104. The van der Waals surface area contributed by atoms with Gasteiger partial charge in [-0.25, -0.2) is 13.2 Å². The molecule has 1 aromatic heterocycles. The van der Waals surface area contributed by atoms with E-state index in [0.717, 1.165) is 30.6 Å². The zero-order chi connectivity index (χ0) is 19.4. The molecule has 2 saturated heterocycles. The lowest BCUT2D eigenvalue weighted by molar-refractivity contribution is -0.130. The summed E-state index contributed by atoms with van der Waals surface area (Å²) in [4.78, 5) is 27.8. The van der Waals surface area contributed by atoms with Crippen LogP contribution in [0.2, 0.25) is 0 Å². The number of sulfonamides is 1. The third kappa shape index (κ3) is 4.61. The van der Waals surface area contributed by atoms with Crippen LogP contribution in [-0.4, -0.2) is 73.7 Å². The lowest BCUT2D eigenvalue weighted by Gasteiger charge is -2.22. The van der Waals surface area contributed by atoms with E-state index >= 15 is 0 Å². The zero-order valence-corrected chi connectivity index (χ0v) is 17.1. The maximum atomic E-state index is 12.6. The highest BCUT2D eigenvalue weighted by Crippen LogP contribution is 2.30. The molecule has 27 heavy (non-hydrogen) atoms. The quantitative estimate of drug-likeness (QED) is 0.816. The van der Waals surface area contributed by atoms with Crippen molar-refractivity contribution >= 4 is 38.3 Å². The maximum Gasteiger partial charge on any atom is 0.322 e. The van der Waals surface area contributed by atoms with Crippen molar-refractivity contribution in [3.8, 4) is 0 Å². The van der Waals surface area contributed by atoms with E-state index in [1.54, 1.807) is 21.9 Å². The SMILES string of the molecule is CCC(=O)N1CCCN(C(=O)Nc2ccc(S(=O)(=O)N3CCCC3)s2)CC1. The van der Waals surface area contributed by atoms with Crippen LogP contribution in [0.25, 0.3) is 0 Å². The molecule has 0 aliphatic carbocycles. The first-order valence-corrected chi connectivity index (χ1v) is 11.6. The zero-order valence-electron chi connectivity index (χ0n) is 15.5. The molecular formula is C17H26N4O4S2. The normalized spacial score (nSPS) is 19.1. The monoisotopic (exact) mass is 414 g/mol. The van der Waals surface area contributed by atoms with Crippen LogP contribution in [0, 0.1) is 0 Å². The average molecular weight is 415 g/mol. The summed E-state index contributed by atoms with van der Waals surface area (Å²) >= 11 is 1.08. The number of hydrogen-bond donors (Lipinski definition) is 1. The largest absolute Gasteiger partial charge is 0.341 e. The van der Waals surface area contributed by atoms with E-state index in [-0.39, 0.29) is 16.1 Å². The van der Waals surface area contributed by atoms with E-state index in [2.05, 4.69) is 5.32 Å². The molecule has 1 aromatic rings. The van der Waals surface area contributed by atoms with Crippen molar-refractivity contribution in [3.63, 3.8) is 0 Å². The minimum absolute atomic E-state index is 0.104. The Morgan fingerprint density at radius 3 is 2.37 bits per heavy atom. The highest BCUT2D eigenvalue weighted by Gasteiger charge is 2.29. The van der Waals surface area contributed by atoms with E-state index in [1.165, 1.54) is 4.31 Å². The second kappa shape index (κ2) is 8.57. The van der Waals surface area contributed by atoms with Gasteiger partial charge in [0, 0.05) is 45.7 Å². The van der Waals surface area contributed by atoms with E-state index in [1.807, 2.05) is 6.92 Å². The van der Waals surface area contributed by atoms with Crippen LogP contribution in [-0.2, 0) is 14.8 Å². The first-order valence-electron chi connectivity index (χ1n) is 9.35. The molecule has 0 bridgehead atoms. The average Bonchev–Trinajstić information content (AvgIpc) is 3.29. The van der Waals surface area contributed by atoms with Crippen molar-refractivity contribution in [3.05, 3.63) is 12.1 Å². The summed E-state index contributed by atoms with van der Waals surface area (Å²) in [6.07, 6.45) is 2.98. The summed E-state index contributed by atoms with van der Waals surface area (Å²) in [7, 11) is -3.46. The molecule has 3 rings (SSSR count). The molecule has 3 amide bonds. The molecule has 3 heterocycles. The van der Waals surface area contributed by atoms with E-state index in [0.29, 0.717) is 50.7 Å². The second-order valence-electron chi connectivity index (χ2n) is 6.73. The van der Waals surface area contributed by atoms with E-state index in [9.17, 15) is 18.0 Å². The van der Waals surface area contributed by atoms with Crippen molar-refractivity contribution in [2.75, 3.05) is 44.6 Å². The smallest absolute Gasteiger partial charge is 0.322 e. The van der Waals surface area contributed by atoms with Gasteiger partial charge in [0.05, 0.1) is 5.00 Å². The molecule has 0 atom stereocenters. The van der Waals surface area contributed by atoms with E-state index in [4.69, 9.17) is 0 Å². The van der Waals surface area contributed by atoms with Gasteiger partial charge in [0.2, 0.25) is 5.91 Å². The molecule has 2 fully saturated rings. The summed E-state index contributed by atoms with van der Waals surface area (Å²) in [5.41, 5.74) is 0. The van der Waals surface area contributed by atoms with Gasteiger partial charge >= 0.3 is 6.03 Å². The number of thiophene rings is 1. The molecule has 0 radical (unpaired) electrons. The molecule has 0 spiro atoms. The van der Waals surface area contributed by atoms with Crippen LogP contribution < -0.4 is 5.32 Å². The number of rotatable bonds is 4. The fourth-order valence-corrected chi connectivity index (χ4v) is 6.23. The Bertz CT molecular complexity index is 787.